The Hall–Kier alpha value is -0.540. The smallest absolute Gasteiger partial charge is 0.133 e. The van der Waals surface area contributed by atoms with Crippen molar-refractivity contribution in [3.63, 3.8) is 0 Å². The molecule has 1 N–H and O–H groups in total. The Labute approximate surface area is 105 Å². The Morgan fingerprint density at radius 2 is 1.88 bits per heavy atom. The zero-order chi connectivity index (χ0) is 11.4. The molecule has 0 atom stereocenters. The van der Waals surface area contributed by atoms with Gasteiger partial charge in [-0.2, -0.15) is 0 Å². The molecule has 1 aromatic rings. The van der Waals surface area contributed by atoms with Gasteiger partial charge in [-0.15, -0.1) is 0 Å². The summed E-state index contributed by atoms with van der Waals surface area (Å²) >= 11 is 3.43. The van der Waals surface area contributed by atoms with Crippen LogP contribution >= 0.6 is 15.9 Å². The molecule has 0 aromatic heterocycles. The first kappa shape index (κ1) is 11.9. The first-order valence-corrected chi connectivity index (χ1v) is 6.59. The van der Waals surface area contributed by atoms with Crippen LogP contribution in [0.5, 0.6) is 5.75 Å². The minimum absolute atomic E-state index is 0.398. The number of ether oxygens (including phenoxy) is 1. The summed E-state index contributed by atoms with van der Waals surface area (Å²) in [5, 5.41) is 10.3. The highest BCUT2D eigenvalue weighted by Gasteiger charge is 2.30. The van der Waals surface area contributed by atoms with Crippen LogP contribution in [-0.2, 0) is 0 Å². The number of benzene rings is 1. The summed E-state index contributed by atoms with van der Waals surface area (Å²) in [5.41, 5.74) is -0.618. The lowest BCUT2D eigenvalue weighted by Crippen LogP contribution is -2.37. The normalized spacial score (nSPS) is 19.4. The third-order valence-electron chi connectivity index (χ3n) is 3.12. The van der Waals surface area contributed by atoms with E-state index in [2.05, 4.69) is 15.9 Å². The molecule has 1 saturated carbocycles. The van der Waals surface area contributed by atoms with Crippen molar-refractivity contribution < 1.29 is 9.84 Å². The average molecular weight is 285 g/mol. The Morgan fingerprint density at radius 1 is 1.19 bits per heavy atom. The Morgan fingerprint density at radius 3 is 2.56 bits per heavy atom. The summed E-state index contributed by atoms with van der Waals surface area (Å²) in [6, 6.07) is 7.74. The van der Waals surface area contributed by atoms with Crippen LogP contribution in [0.25, 0.3) is 0 Å². The molecular weight excluding hydrogens is 268 g/mol. The van der Waals surface area contributed by atoms with Gasteiger partial charge in [-0.3, -0.25) is 0 Å². The zero-order valence-corrected chi connectivity index (χ0v) is 10.9. The minimum Gasteiger partial charge on any atom is -0.489 e. The molecule has 1 fully saturated rings. The Kier molecular flexibility index (Phi) is 3.87. The van der Waals surface area contributed by atoms with Gasteiger partial charge in [0.2, 0.25) is 0 Å². The molecule has 0 amide bonds. The lowest BCUT2D eigenvalue weighted by Gasteiger charge is -2.31. The standard InChI is InChI=1S/C13H17BrO2/c14-11-6-2-3-7-12(11)16-10-13(15)8-4-1-5-9-13/h2-3,6-7,15H,1,4-5,8-10H2. The molecule has 1 aliphatic carbocycles. The molecule has 0 aliphatic heterocycles. The van der Waals surface area contributed by atoms with Crippen molar-refractivity contribution in [3.8, 4) is 5.75 Å². The van der Waals surface area contributed by atoms with Crippen molar-refractivity contribution >= 4 is 15.9 Å². The maximum Gasteiger partial charge on any atom is 0.133 e. The van der Waals surface area contributed by atoms with Gasteiger partial charge in [0.25, 0.3) is 0 Å². The molecule has 1 aliphatic rings. The second kappa shape index (κ2) is 5.19. The average Bonchev–Trinajstić information content (AvgIpc) is 2.29. The molecule has 0 heterocycles. The Bertz CT molecular complexity index is 346. The minimum atomic E-state index is -0.618. The van der Waals surface area contributed by atoms with Gasteiger partial charge in [-0.1, -0.05) is 31.4 Å². The van der Waals surface area contributed by atoms with Crippen molar-refractivity contribution in [1.82, 2.24) is 0 Å². The quantitative estimate of drug-likeness (QED) is 0.920. The Balaban J connectivity index is 1.94. The van der Waals surface area contributed by atoms with Crippen molar-refractivity contribution in [2.24, 2.45) is 0 Å². The molecule has 0 saturated heterocycles. The molecule has 0 unspecified atom stereocenters. The maximum absolute atomic E-state index is 10.3. The highest BCUT2D eigenvalue weighted by Crippen LogP contribution is 2.30. The summed E-state index contributed by atoms with van der Waals surface area (Å²) in [5.74, 6) is 0.807. The number of rotatable bonds is 3. The van der Waals surface area contributed by atoms with Gasteiger partial charge >= 0.3 is 0 Å². The largest absolute Gasteiger partial charge is 0.489 e. The van der Waals surface area contributed by atoms with Gasteiger partial charge in [0.05, 0.1) is 10.1 Å². The molecule has 16 heavy (non-hydrogen) atoms. The number of para-hydroxylation sites is 1. The van der Waals surface area contributed by atoms with Crippen molar-refractivity contribution in [3.05, 3.63) is 28.7 Å². The molecule has 0 spiro atoms. The van der Waals surface area contributed by atoms with Gasteiger partial charge in [-0.25, -0.2) is 0 Å². The van der Waals surface area contributed by atoms with Crippen molar-refractivity contribution in [2.45, 2.75) is 37.7 Å². The van der Waals surface area contributed by atoms with E-state index in [1.807, 2.05) is 24.3 Å². The predicted molar refractivity (Wildman–Crippen MR) is 67.7 cm³/mol. The third kappa shape index (κ3) is 2.98. The van der Waals surface area contributed by atoms with E-state index in [1.54, 1.807) is 0 Å². The molecule has 0 radical (unpaired) electrons. The maximum atomic E-state index is 10.3. The lowest BCUT2D eigenvalue weighted by atomic mass is 9.85. The van der Waals surface area contributed by atoms with Gasteiger partial charge in [-0.05, 0) is 40.9 Å². The van der Waals surface area contributed by atoms with E-state index >= 15 is 0 Å². The number of halogens is 1. The van der Waals surface area contributed by atoms with Crippen LogP contribution in [0.4, 0.5) is 0 Å². The van der Waals surface area contributed by atoms with E-state index in [4.69, 9.17) is 4.74 Å². The second-order valence-electron chi connectivity index (χ2n) is 4.50. The van der Waals surface area contributed by atoms with E-state index in [9.17, 15) is 5.11 Å². The van der Waals surface area contributed by atoms with E-state index in [-0.39, 0.29) is 0 Å². The lowest BCUT2D eigenvalue weighted by molar-refractivity contribution is -0.0340. The third-order valence-corrected chi connectivity index (χ3v) is 3.77. The van der Waals surface area contributed by atoms with Gasteiger partial charge in [0.1, 0.15) is 12.4 Å². The van der Waals surface area contributed by atoms with E-state index in [1.165, 1.54) is 6.42 Å². The van der Waals surface area contributed by atoms with Crippen LogP contribution < -0.4 is 4.74 Å². The summed E-state index contributed by atoms with van der Waals surface area (Å²) in [4.78, 5) is 0. The van der Waals surface area contributed by atoms with Crippen LogP contribution in [-0.4, -0.2) is 17.3 Å². The van der Waals surface area contributed by atoms with Gasteiger partial charge < -0.3 is 9.84 Å². The monoisotopic (exact) mass is 284 g/mol. The van der Waals surface area contributed by atoms with Crippen LogP contribution in [0.1, 0.15) is 32.1 Å². The SMILES string of the molecule is OC1(COc2ccccc2Br)CCCCC1. The fourth-order valence-corrected chi connectivity index (χ4v) is 2.53. The fourth-order valence-electron chi connectivity index (χ4n) is 2.13. The molecular formula is C13H17BrO2. The summed E-state index contributed by atoms with van der Waals surface area (Å²) in [7, 11) is 0. The van der Waals surface area contributed by atoms with Crippen molar-refractivity contribution in [2.75, 3.05) is 6.61 Å². The number of hydrogen-bond acceptors (Lipinski definition) is 2. The predicted octanol–water partition coefficient (Wildman–Crippen LogP) is 3.52. The first-order chi connectivity index (χ1) is 7.70. The number of aliphatic hydroxyl groups is 1. The van der Waals surface area contributed by atoms with Crippen LogP contribution in [0.15, 0.2) is 28.7 Å². The summed E-state index contributed by atoms with van der Waals surface area (Å²) in [6.07, 6.45) is 5.16. The molecule has 2 rings (SSSR count). The number of hydrogen-bond donors (Lipinski definition) is 1. The molecule has 1 aromatic carbocycles. The van der Waals surface area contributed by atoms with E-state index in [0.717, 1.165) is 35.9 Å². The second-order valence-corrected chi connectivity index (χ2v) is 5.36. The van der Waals surface area contributed by atoms with Gasteiger partial charge in [0.15, 0.2) is 0 Å². The summed E-state index contributed by atoms with van der Waals surface area (Å²) in [6.45, 7) is 0.398. The van der Waals surface area contributed by atoms with E-state index in [0.29, 0.717) is 6.61 Å². The highest BCUT2D eigenvalue weighted by atomic mass is 79.9. The fraction of sp³-hybridized carbons (Fsp3) is 0.538. The van der Waals surface area contributed by atoms with Crippen LogP contribution in [0.3, 0.4) is 0 Å². The van der Waals surface area contributed by atoms with E-state index < -0.39 is 5.60 Å². The zero-order valence-electron chi connectivity index (χ0n) is 9.29. The topological polar surface area (TPSA) is 29.5 Å². The molecule has 2 nitrogen and oxygen atoms in total. The first-order valence-electron chi connectivity index (χ1n) is 5.79. The molecule has 3 heteroatoms. The molecule has 0 bridgehead atoms. The van der Waals surface area contributed by atoms with Crippen molar-refractivity contribution in [1.29, 1.82) is 0 Å². The van der Waals surface area contributed by atoms with Gasteiger partial charge in [0, 0.05) is 0 Å². The molecule has 88 valence electrons. The highest BCUT2D eigenvalue weighted by molar-refractivity contribution is 9.10. The van der Waals surface area contributed by atoms with Crippen LogP contribution in [0.2, 0.25) is 0 Å². The van der Waals surface area contributed by atoms with Crippen LogP contribution in [0, 0.1) is 0 Å². The summed E-state index contributed by atoms with van der Waals surface area (Å²) < 4.78 is 6.62.